The van der Waals surface area contributed by atoms with Crippen LogP contribution in [0, 0.1) is 0 Å². The summed E-state index contributed by atoms with van der Waals surface area (Å²) in [6, 6.07) is 37.4. The minimum Gasteiger partial charge on any atom is -0.267 e. The molecule has 34 heavy (non-hydrogen) atoms. The van der Waals surface area contributed by atoms with Crippen molar-refractivity contribution in [1.82, 2.24) is 15.2 Å². The van der Waals surface area contributed by atoms with Crippen LogP contribution in [0.15, 0.2) is 127 Å². The molecule has 0 aliphatic carbocycles. The first-order valence-electron chi connectivity index (χ1n) is 11.0. The molecule has 0 saturated heterocycles. The molecule has 0 aliphatic heterocycles. The minimum atomic E-state index is -0.263. The lowest BCUT2D eigenvalue weighted by Crippen LogP contribution is -2.17. The highest BCUT2D eigenvalue weighted by Crippen LogP contribution is 2.26. The average Bonchev–Trinajstić information content (AvgIpc) is 3.34. The highest BCUT2D eigenvalue weighted by atomic mass is 16.2. The summed E-state index contributed by atoms with van der Waals surface area (Å²) >= 11 is 0. The number of benzene rings is 4. The van der Waals surface area contributed by atoms with E-state index >= 15 is 0 Å². The van der Waals surface area contributed by atoms with Gasteiger partial charge in [0.1, 0.15) is 5.69 Å². The van der Waals surface area contributed by atoms with Crippen LogP contribution >= 0.6 is 0 Å². The smallest absolute Gasteiger partial charge is 0.267 e. The second kappa shape index (κ2) is 9.79. The van der Waals surface area contributed by atoms with Crippen LogP contribution < -0.4 is 5.43 Å². The zero-order chi connectivity index (χ0) is 23.2. The summed E-state index contributed by atoms with van der Waals surface area (Å²) in [7, 11) is 0. The Morgan fingerprint density at radius 3 is 1.94 bits per heavy atom. The first-order valence-corrected chi connectivity index (χ1v) is 11.0. The van der Waals surface area contributed by atoms with Crippen LogP contribution in [-0.4, -0.2) is 21.9 Å². The molecular weight excluding hydrogens is 420 g/mol. The van der Waals surface area contributed by atoms with Crippen LogP contribution in [0.5, 0.6) is 0 Å². The number of hydrazone groups is 1. The molecule has 5 rings (SSSR count). The van der Waals surface area contributed by atoms with Crippen molar-refractivity contribution in [3.8, 4) is 28.1 Å². The topological polar surface area (TPSA) is 59.3 Å². The van der Waals surface area contributed by atoms with E-state index in [2.05, 4.69) is 46.9 Å². The first-order chi connectivity index (χ1) is 16.8. The van der Waals surface area contributed by atoms with Gasteiger partial charge in [0.15, 0.2) is 0 Å². The van der Waals surface area contributed by atoms with Crippen LogP contribution in [0.1, 0.15) is 15.9 Å². The summed E-state index contributed by atoms with van der Waals surface area (Å²) in [6.45, 7) is 0. The number of carbonyl (C=O) groups excluding carboxylic acids is 1. The molecule has 4 aromatic carbocycles. The Morgan fingerprint density at radius 1 is 0.706 bits per heavy atom. The van der Waals surface area contributed by atoms with Gasteiger partial charge < -0.3 is 0 Å². The Balaban J connectivity index is 1.46. The lowest BCUT2D eigenvalue weighted by atomic mass is 10.0. The van der Waals surface area contributed by atoms with E-state index in [-0.39, 0.29) is 5.91 Å². The van der Waals surface area contributed by atoms with Gasteiger partial charge in [-0.15, -0.1) is 0 Å². The van der Waals surface area contributed by atoms with Gasteiger partial charge in [-0.05, 0) is 35.4 Å². The molecule has 0 bridgehead atoms. The Kier molecular flexibility index (Phi) is 6.08. The highest BCUT2D eigenvalue weighted by Gasteiger charge is 2.12. The Morgan fingerprint density at radius 2 is 1.26 bits per heavy atom. The summed E-state index contributed by atoms with van der Waals surface area (Å²) in [5, 5.41) is 9.02. The average molecular weight is 443 g/mol. The van der Waals surface area contributed by atoms with Crippen LogP contribution in [0.3, 0.4) is 0 Å². The van der Waals surface area contributed by atoms with Crippen molar-refractivity contribution in [3.63, 3.8) is 0 Å². The maximum Gasteiger partial charge on any atom is 0.271 e. The van der Waals surface area contributed by atoms with Crippen molar-refractivity contribution in [3.05, 3.63) is 133 Å². The summed E-state index contributed by atoms with van der Waals surface area (Å²) in [5.41, 5.74) is 8.93. The molecule has 0 unspecified atom stereocenters. The maximum atomic E-state index is 12.3. The van der Waals surface area contributed by atoms with Gasteiger partial charge in [-0.25, -0.2) is 10.1 Å². The Hall–Kier alpha value is -4.77. The Labute approximate surface area is 198 Å². The van der Waals surface area contributed by atoms with Gasteiger partial charge in [0.25, 0.3) is 5.91 Å². The molecule has 0 atom stereocenters. The molecule has 0 aliphatic rings. The summed E-state index contributed by atoms with van der Waals surface area (Å²) in [4.78, 5) is 12.3. The molecule has 5 aromatic rings. The number of nitrogens with one attached hydrogen (secondary N) is 1. The second-order valence-electron chi connectivity index (χ2n) is 7.72. The van der Waals surface area contributed by atoms with Gasteiger partial charge in [0.05, 0.1) is 11.9 Å². The van der Waals surface area contributed by atoms with Crippen LogP contribution in [0.4, 0.5) is 0 Å². The summed E-state index contributed by atoms with van der Waals surface area (Å²) in [5.74, 6) is -0.263. The number of rotatable bonds is 6. The molecule has 164 valence electrons. The largest absolute Gasteiger partial charge is 0.271 e. The van der Waals surface area contributed by atoms with Gasteiger partial charge in [-0.3, -0.25) is 4.79 Å². The molecule has 5 heteroatoms. The van der Waals surface area contributed by atoms with E-state index in [9.17, 15) is 4.79 Å². The van der Waals surface area contributed by atoms with Crippen molar-refractivity contribution in [2.75, 3.05) is 0 Å². The number of amides is 1. The predicted octanol–water partition coefficient (Wildman–Crippen LogP) is 5.97. The molecule has 1 aromatic heterocycles. The third-order valence-electron chi connectivity index (χ3n) is 5.43. The standard InChI is InChI=1S/C29H22N4O/c34-29(25-12-6-2-7-13-25)31-30-20-26-21-33(27-14-8-3-9-15-27)32-28(26)24-18-16-23(17-19-24)22-10-4-1-5-11-22/h1-21H,(H,31,34)/b30-20-. The van der Waals surface area contributed by atoms with E-state index in [1.54, 1.807) is 18.3 Å². The van der Waals surface area contributed by atoms with Gasteiger partial charge in [0.2, 0.25) is 0 Å². The predicted molar refractivity (Wildman–Crippen MR) is 136 cm³/mol. The molecular formula is C29H22N4O. The fourth-order valence-electron chi connectivity index (χ4n) is 3.68. The fraction of sp³-hybridized carbons (Fsp3) is 0. The van der Waals surface area contributed by atoms with E-state index in [0.717, 1.165) is 33.6 Å². The fourth-order valence-corrected chi connectivity index (χ4v) is 3.68. The molecule has 1 amide bonds. The Bertz CT molecular complexity index is 1410. The number of aromatic nitrogens is 2. The number of hydrogen-bond donors (Lipinski definition) is 1. The number of para-hydroxylation sites is 1. The van der Waals surface area contributed by atoms with E-state index in [0.29, 0.717) is 5.56 Å². The van der Waals surface area contributed by atoms with Crippen molar-refractivity contribution in [1.29, 1.82) is 0 Å². The highest BCUT2D eigenvalue weighted by molar-refractivity contribution is 5.95. The normalized spacial score (nSPS) is 10.9. The van der Waals surface area contributed by atoms with Gasteiger partial charge in [-0.1, -0.05) is 91.0 Å². The van der Waals surface area contributed by atoms with Crippen LogP contribution in [-0.2, 0) is 0 Å². The molecule has 0 spiro atoms. The molecule has 0 fully saturated rings. The lowest BCUT2D eigenvalue weighted by molar-refractivity contribution is 0.0955. The molecule has 1 N–H and O–H groups in total. The minimum absolute atomic E-state index is 0.263. The van der Waals surface area contributed by atoms with E-state index in [1.807, 2.05) is 77.6 Å². The third-order valence-corrected chi connectivity index (χ3v) is 5.43. The molecule has 5 nitrogen and oxygen atoms in total. The zero-order valence-electron chi connectivity index (χ0n) is 18.4. The third kappa shape index (κ3) is 4.69. The maximum absolute atomic E-state index is 12.3. The first kappa shape index (κ1) is 21.1. The zero-order valence-corrected chi connectivity index (χ0v) is 18.4. The number of nitrogens with zero attached hydrogens (tertiary/aromatic N) is 3. The van der Waals surface area contributed by atoms with E-state index in [1.165, 1.54) is 0 Å². The van der Waals surface area contributed by atoms with E-state index in [4.69, 9.17) is 5.10 Å². The van der Waals surface area contributed by atoms with E-state index < -0.39 is 0 Å². The molecule has 0 radical (unpaired) electrons. The van der Waals surface area contributed by atoms with Crippen LogP contribution in [0.2, 0.25) is 0 Å². The van der Waals surface area contributed by atoms with Gasteiger partial charge >= 0.3 is 0 Å². The summed E-state index contributed by atoms with van der Waals surface area (Å²) < 4.78 is 1.82. The molecule has 1 heterocycles. The molecule has 0 saturated carbocycles. The van der Waals surface area contributed by atoms with Gasteiger partial charge in [-0.2, -0.15) is 10.2 Å². The van der Waals surface area contributed by atoms with Crippen LogP contribution in [0.25, 0.3) is 28.1 Å². The van der Waals surface area contributed by atoms with Crippen molar-refractivity contribution in [2.45, 2.75) is 0 Å². The summed E-state index contributed by atoms with van der Waals surface area (Å²) in [6.07, 6.45) is 3.54. The SMILES string of the molecule is O=C(N/N=C\c1cn(-c2ccccc2)nc1-c1ccc(-c2ccccc2)cc1)c1ccccc1. The van der Waals surface area contributed by atoms with Crippen molar-refractivity contribution >= 4 is 12.1 Å². The van der Waals surface area contributed by atoms with Crippen molar-refractivity contribution < 1.29 is 4.79 Å². The number of hydrogen-bond acceptors (Lipinski definition) is 3. The monoisotopic (exact) mass is 442 g/mol. The van der Waals surface area contributed by atoms with Crippen molar-refractivity contribution in [2.24, 2.45) is 5.10 Å². The second-order valence-corrected chi connectivity index (χ2v) is 7.72. The lowest BCUT2D eigenvalue weighted by Gasteiger charge is -2.04. The van der Waals surface area contributed by atoms with Gasteiger partial charge in [0, 0.05) is 22.9 Å². The number of carbonyl (C=O) groups is 1. The quantitative estimate of drug-likeness (QED) is 0.260.